The molecule has 0 N–H and O–H groups in total. The highest BCUT2D eigenvalue weighted by atomic mass is 31.1. The lowest BCUT2D eigenvalue weighted by Crippen LogP contribution is -1.83. The molecule has 0 heterocycles. The summed E-state index contributed by atoms with van der Waals surface area (Å²) in [6, 6.07) is 0. The van der Waals surface area contributed by atoms with Crippen LogP contribution < -0.4 is 4.89 Å². The van der Waals surface area contributed by atoms with Crippen molar-refractivity contribution in [1.82, 2.24) is 0 Å². The number of hydrogen-bond donors (Lipinski definition) is 0. The van der Waals surface area contributed by atoms with E-state index in [2.05, 4.69) is 0 Å². The Labute approximate surface area is 43.9 Å². The number of rotatable bonds is 0. The van der Waals surface area contributed by atoms with Crippen LogP contribution in [0.1, 0.15) is 0 Å². The molecular formula is C5H4OP-. The Morgan fingerprint density at radius 1 is 1.29 bits per heavy atom. The summed E-state index contributed by atoms with van der Waals surface area (Å²) in [5.74, 6) is 0. The highest BCUT2D eigenvalue weighted by molar-refractivity contribution is 7.34. The van der Waals surface area contributed by atoms with Gasteiger partial charge in [-0.15, -0.1) is 0 Å². The van der Waals surface area contributed by atoms with Crippen molar-refractivity contribution < 1.29 is 4.89 Å². The van der Waals surface area contributed by atoms with Gasteiger partial charge in [0.1, 0.15) is 0 Å². The lowest BCUT2D eigenvalue weighted by atomic mass is 10.5. The summed E-state index contributed by atoms with van der Waals surface area (Å²) in [5.41, 5.74) is 0. The average Bonchev–Trinajstić information content (AvgIpc) is 2.14. The van der Waals surface area contributed by atoms with Gasteiger partial charge >= 0.3 is 0 Å². The molecule has 36 valence electrons. The third-order valence-corrected chi connectivity index (χ3v) is 1.26. The molecule has 0 radical (unpaired) electrons. The Balaban J connectivity index is 2.79. The predicted molar refractivity (Wildman–Crippen MR) is 30.2 cm³/mol. The maximum absolute atomic E-state index is 9.96. The minimum atomic E-state index is 0.115. The zero-order valence-electron chi connectivity index (χ0n) is 3.66. The molecule has 0 aliphatic heterocycles. The molecule has 0 spiro atoms. The molecule has 0 fully saturated rings. The number of hydrogen-bond acceptors (Lipinski definition) is 1. The lowest BCUT2D eigenvalue weighted by molar-refractivity contribution is -0.144. The van der Waals surface area contributed by atoms with Crippen LogP contribution in [0.4, 0.5) is 0 Å². The van der Waals surface area contributed by atoms with Crippen LogP contribution >= 0.6 is 8.43 Å². The molecule has 0 bridgehead atoms. The second kappa shape index (κ2) is 2.06. The van der Waals surface area contributed by atoms with E-state index in [-0.39, 0.29) is 8.43 Å². The first-order valence-corrected chi connectivity index (χ1v) is 2.80. The van der Waals surface area contributed by atoms with Gasteiger partial charge in [-0.3, -0.25) is 0 Å². The van der Waals surface area contributed by atoms with Gasteiger partial charge in [0, 0.05) is 0 Å². The van der Waals surface area contributed by atoms with Crippen molar-refractivity contribution in [2.45, 2.75) is 0 Å². The molecule has 0 saturated heterocycles. The molecule has 0 saturated carbocycles. The van der Waals surface area contributed by atoms with Crippen LogP contribution in [0.25, 0.3) is 0 Å². The summed E-state index contributed by atoms with van der Waals surface area (Å²) in [5, 5.41) is 0.847. The van der Waals surface area contributed by atoms with Gasteiger partial charge in [-0.2, -0.15) is 0 Å². The molecule has 0 aromatic carbocycles. The third-order valence-electron chi connectivity index (χ3n) is 0.750. The molecule has 0 aromatic rings. The number of allylic oxidation sites excluding steroid dienone is 4. The van der Waals surface area contributed by atoms with E-state index in [1.807, 2.05) is 24.3 Å². The van der Waals surface area contributed by atoms with Crippen LogP contribution in [0, 0.1) is 0 Å². The second-order valence-electron chi connectivity index (χ2n) is 1.23. The van der Waals surface area contributed by atoms with Crippen LogP contribution in [0.15, 0.2) is 24.3 Å². The average molecular weight is 111 g/mol. The van der Waals surface area contributed by atoms with Crippen LogP contribution in [-0.4, -0.2) is 5.29 Å². The van der Waals surface area contributed by atoms with Crippen molar-refractivity contribution in [1.29, 1.82) is 0 Å². The molecule has 1 aliphatic carbocycles. The van der Waals surface area contributed by atoms with E-state index in [1.54, 1.807) is 0 Å². The minimum Gasteiger partial charge on any atom is -0.805 e. The first kappa shape index (κ1) is 4.76. The quantitative estimate of drug-likeness (QED) is 0.417. The van der Waals surface area contributed by atoms with Gasteiger partial charge in [-0.1, -0.05) is 24.3 Å². The molecule has 1 aliphatic rings. The summed E-state index contributed by atoms with van der Waals surface area (Å²) in [4.78, 5) is 9.96. The molecule has 1 rings (SSSR count). The standard InChI is InChI=1S/C5H4OP/c6-7-5-3-1-2-4-5/h1-4H/q-1. The lowest BCUT2D eigenvalue weighted by Gasteiger charge is -1.88. The minimum absolute atomic E-state index is 0.115. The van der Waals surface area contributed by atoms with Crippen LogP contribution in [0.5, 0.6) is 0 Å². The molecule has 0 unspecified atom stereocenters. The highest BCUT2D eigenvalue weighted by Gasteiger charge is 1.82. The molecule has 0 aromatic heterocycles. The van der Waals surface area contributed by atoms with E-state index in [0.717, 1.165) is 5.29 Å². The molecule has 0 amide bonds. The van der Waals surface area contributed by atoms with Gasteiger partial charge < -0.3 is 4.89 Å². The fraction of sp³-hybridized carbons (Fsp3) is 0. The van der Waals surface area contributed by atoms with E-state index >= 15 is 0 Å². The normalized spacial score (nSPS) is 17.0. The monoisotopic (exact) mass is 111 g/mol. The highest BCUT2D eigenvalue weighted by Crippen LogP contribution is 1.98. The van der Waals surface area contributed by atoms with E-state index in [9.17, 15) is 4.89 Å². The van der Waals surface area contributed by atoms with Gasteiger partial charge in [0.15, 0.2) is 0 Å². The largest absolute Gasteiger partial charge is 0.805 e. The zero-order chi connectivity index (χ0) is 5.11. The first-order valence-electron chi connectivity index (χ1n) is 1.98. The van der Waals surface area contributed by atoms with Crippen LogP contribution in [0.2, 0.25) is 0 Å². The van der Waals surface area contributed by atoms with E-state index in [1.165, 1.54) is 0 Å². The van der Waals surface area contributed by atoms with Gasteiger partial charge in [0.05, 0.1) is 0 Å². The Hall–Kier alpha value is -0.390. The smallest absolute Gasteiger partial charge is 0.0180 e. The maximum atomic E-state index is 9.96. The Kier molecular flexibility index (Phi) is 1.40. The predicted octanol–water partition coefficient (Wildman–Crippen LogP) is 0.506. The Morgan fingerprint density at radius 2 is 1.86 bits per heavy atom. The third kappa shape index (κ3) is 0.986. The maximum Gasteiger partial charge on any atom is -0.0180 e. The fourth-order valence-electron chi connectivity index (χ4n) is 0.425. The van der Waals surface area contributed by atoms with Crippen LogP contribution in [0.3, 0.4) is 0 Å². The molecule has 1 nitrogen and oxygen atoms in total. The van der Waals surface area contributed by atoms with Crippen molar-refractivity contribution in [3.8, 4) is 0 Å². The Morgan fingerprint density at radius 3 is 2.14 bits per heavy atom. The van der Waals surface area contributed by atoms with Gasteiger partial charge in [-0.25, -0.2) is 8.43 Å². The summed E-state index contributed by atoms with van der Waals surface area (Å²) in [6.45, 7) is 0. The van der Waals surface area contributed by atoms with Gasteiger partial charge in [0.25, 0.3) is 0 Å². The Bertz CT molecular complexity index is 130. The van der Waals surface area contributed by atoms with Gasteiger partial charge in [-0.05, 0) is 5.29 Å². The van der Waals surface area contributed by atoms with Crippen molar-refractivity contribution >= 4 is 13.7 Å². The molecule has 0 atom stereocenters. The van der Waals surface area contributed by atoms with E-state index in [4.69, 9.17) is 0 Å². The summed E-state index contributed by atoms with van der Waals surface area (Å²) >= 11 is 0. The van der Waals surface area contributed by atoms with Crippen molar-refractivity contribution in [2.24, 2.45) is 0 Å². The van der Waals surface area contributed by atoms with E-state index < -0.39 is 0 Å². The molecular weight excluding hydrogens is 107 g/mol. The van der Waals surface area contributed by atoms with Crippen molar-refractivity contribution in [3.63, 3.8) is 0 Å². The summed E-state index contributed by atoms with van der Waals surface area (Å²) in [6.07, 6.45) is 7.35. The summed E-state index contributed by atoms with van der Waals surface area (Å²) < 4.78 is 0. The van der Waals surface area contributed by atoms with Crippen LogP contribution in [-0.2, 0) is 0 Å². The molecule has 2 heteroatoms. The molecule has 7 heavy (non-hydrogen) atoms. The zero-order valence-corrected chi connectivity index (χ0v) is 4.56. The van der Waals surface area contributed by atoms with Crippen molar-refractivity contribution in [3.05, 3.63) is 24.3 Å². The van der Waals surface area contributed by atoms with Gasteiger partial charge in [0.2, 0.25) is 0 Å². The summed E-state index contributed by atoms with van der Waals surface area (Å²) in [7, 11) is 0.115. The fourth-order valence-corrected chi connectivity index (χ4v) is 0.719. The topological polar surface area (TPSA) is 23.1 Å². The second-order valence-corrected chi connectivity index (χ2v) is 1.93. The first-order chi connectivity index (χ1) is 3.43. The SMILES string of the molecule is [O-]P=C1C=CC=C1. The van der Waals surface area contributed by atoms with E-state index in [0.29, 0.717) is 0 Å². The van der Waals surface area contributed by atoms with Crippen molar-refractivity contribution in [2.75, 3.05) is 0 Å².